The zero-order chi connectivity index (χ0) is 71.6. The van der Waals surface area contributed by atoms with E-state index in [1.54, 1.807) is 0 Å². The lowest BCUT2D eigenvalue weighted by Gasteiger charge is -2.21. The lowest BCUT2D eigenvalue weighted by atomic mass is 9.99. The van der Waals surface area contributed by atoms with E-state index in [1.807, 2.05) is 0 Å². The zero-order valence-electron chi connectivity index (χ0n) is 63.5. The van der Waals surface area contributed by atoms with Crippen molar-refractivity contribution in [2.24, 2.45) is 17.8 Å². The van der Waals surface area contributed by atoms with Gasteiger partial charge in [0.05, 0.1) is 26.4 Å². The average Bonchev–Trinajstić information content (AvgIpc) is 1.75. The topological polar surface area (TPSA) is 237 Å². The van der Waals surface area contributed by atoms with Crippen LogP contribution >= 0.6 is 15.6 Å². The molecular weight excluding hydrogens is 1270 g/mol. The van der Waals surface area contributed by atoms with Gasteiger partial charge in [-0.3, -0.25) is 37.3 Å². The summed E-state index contributed by atoms with van der Waals surface area (Å²) in [6.45, 7) is 11.9. The first-order valence-electron chi connectivity index (χ1n) is 40.4. The van der Waals surface area contributed by atoms with Gasteiger partial charge in [0, 0.05) is 25.7 Å². The number of ether oxygens (including phenoxy) is 4. The quantitative estimate of drug-likeness (QED) is 0.0222. The van der Waals surface area contributed by atoms with E-state index in [2.05, 4.69) is 48.5 Å². The molecule has 7 atom stereocenters. The summed E-state index contributed by atoms with van der Waals surface area (Å²) in [6.07, 6.45) is 55.5. The van der Waals surface area contributed by atoms with Crippen LogP contribution in [0, 0.1) is 17.8 Å². The van der Waals surface area contributed by atoms with E-state index in [4.69, 9.17) is 37.0 Å². The van der Waals surface area contributed by atoms with Crippen LogP contribution in [0.2, 0.25) is 0 Å². The molecule has 17 nitrogen and oxygen atoms in total. The molecule has 0 aliphatic heterocycles. The molecule has 0 aliphatic carbocycles. The van der Waals surface area contributed by atoms with Crippen LogP contribution in [-0.2, 0) is 65.4 Å². The van der Waals surface area contributed by atoms with Crippen molar-refractivity contribution in [3.8, 4) is 0 Å². The van der Waals surface area contributed by atoms with Crippen LogP contribution in [0.15, 0.2) is 0 Å². The molecule has 0 amide bonds. The van der Waals surface area contributed by atoms with Gasteiger partial charge in [-0.25, -0.2) is 9.13 Å². The number of unbranched alkanes of at least 4 members (excludes halogenated alkanes) is 42. The Bertz CT molecular complexity index is 1890. The Morgan fingerprint density at radius 3 is 0.784 bits per heavy atom. The first kappa shape index (κ1) is 95.1. The fraction of sp³-hybridized carbons (Fsp3) is 0.949. The molecule has 0 spiro atoms. The van der Waals surface area contributed by atoms with Gasteiger partial charge in [-0.05, 0) is 43.4 Å². The highest BCUT2D eigenvalue weighted by Gasteiger charge is 2.30. The van der Waals surface area contributed by atoms with E-state index in [0.717, 1.165) is 108 Å². The predicted molar refractivity (Wildman–Crippen MR) is 395 cm³/mol. The molecule has 4 unspecified atom stereocenters. The van der Waals surface area contributed by atoms with E-state index in [-0.39, 0.29) is 25.7 Å². The highest BCUT2D eigenvalue weighted by Crippen LogP contribution is 2.45. The Hall–Kier alpha value is -1.94. The van der Waals surface area contributed by atoms with Crippen LogP contribution in [0.25, 0.3) is 0 Å². The first-order chi connectivity index (χ1) is 46.8. The summed E-state index contributed by atoms with van der Waals surface area (Å²) in [5.74, 6) is 0.259. The maximum Gasteiger partial charge on any atom is 0.472 e. The summed E-state index contributed by atoms with van der Waals surface area (Å²) in [6, 6.07) is 0. The molecule has 576 valence electrons. The number of phosphoric acid groups is 2. The molecule has 0 aromatic rings. The Morgan fingerprint density at radius 2 is 0.526 bits per heavy atom. The van der Waals surface area contributed by atoms with Gasteiger partial charge < -0.3 is 33.8 Å². The van der Waals surface area contributed by atoms with Crippen molar-refractivity contribution in [3.63, 3.8) is 0 Å². The molecule has 0 aromatic carbocycles. The lowest BCUT2D eigenvalue weighted by molar-refractivity contribution is -0.161. The van der Waals surface area contributed by atoms with Crippen LogP contribution in [-0.4, -0.2) is 96.7 Å². The number of carbonyl (C=O) groups excluding carboxylic acids is 4. The van der Waals surface area contributed by atoms with E-state index >= 15 is 0 Å². The van der Waals surface area contributed by atoms with E-state index in [9.17, 15) is 43.2 Å². The Labute approximate surface area is 594 Å². The Morgan fingerprint density at radius 1 is 0.299 bits per heavy atom. The van der Waals surface area contributed by atoms with Gasteiger partial charge in [0.25, 0.3) is 0 Å². The molecule has 0 bridgehead atoms. The van der Waals surface area contributed by atoms with Gasteiger partial charge in [-0.2, -0.15) is 0 Å². The third kappa shape index (κ3) is 69.5. The van der Waals surface area contributed by atoms with Crippen molar-refractivity contribution in [3.05, 3.63) is 0 Å². The molecule has 0 saturated heterocycles. The number of esters is 4. The van der Waals surface area contributed by atoms with Gasteiger partial charge >= 0.3 is 39.5 Å². The fourth-order valence-corrected chi connectivity index (χ4v) is 13.5. The third-order valence-electron chi connectivity index (χ3n) is 18.9. The van der Waals surface area contributed by atoms with Crippen molar-refractivity contribution >= 4 is 39.5 Å². The van der Waals surface area contributed by atoms with E-state index < -0.39 is 97.5 Å². The van der Waals surface area contributed by atoms with Gasteiger partial charge in [-0.15, -0.1) is 0 Å². The molecule has 0 heterocycles. The van der Waals surface area contributed by atoms with Crippen LogP contribution in [0.1, 0.15) is 402 Å². The summed E-state index contributed by atoms with van der Waals surface area (Å²) in [7, 11) is -9.91. The fourth-order valence-electron chi connectivity index (χ4n) is 11.9. The highest BCUT2D eigenvalue weighted by atomic mass is 31.2. The highest BCUT2D eigenvalue weighted by molar-refractivity contribution is 7.47. The summed E-state index contributed by atoms with van der Waals surface area (Å²) in [4.78, 5) is 72.8. The third-order valence-corrected chi connectivity index (χ3v) is 20.8. The molecular formula is C78H152O17P2. The monoisotopic (exact) mass is 1420 g/mol. The number of phosphoric ester groups is 2. The number of hydrogen-bond acceptors (Lipinski definition) is 15. The van der Waals surface area contributed by atoms with Crippen LogP contribution in [0.4, 0.5) is 0 Å². The minimum absolute atomic E-state index is 0.107. The minimum Gasteiger partial charge on any atom is -0.462 e. The number of rotatable bonds is 76. The van der Waals surface area contributed by atoms with Gasteiger partial charge in [0.15, 0.2) is 12.2 Å². The average molecular weight is 1420 g/mol. The minimum atomic E-state index is -4.96. The predicted octanol–water partition coefficient (Wildman–Crippen LogP) is 23.0. The Balaban J connectivity index is 5.20. The molecule has 0 rings (SSSR count). The zero-order valence-corrected chi connectivity index (χ0v) is 65.3. The summed E-state index contributed by atoms with van der Waals surface area (Å²) < 4.78 is 68.6. The molecule has 3 N–H and O–H groups in total. The second-order valence-electron chi connectivity index (χ2n) is 29.1. The van der Waals surface area contributed by atoms with Crippen LogP contribution < -0.4 is 0 Å². The second-order valence-corrected chi connectivity index (χ2v) is 32.0. The molecule has 0 fully saturated rings. The summed E-state index contributed by atoms with van der Waals surface area (Å²) in [5.41, 5.74) is 0. The smallest absolute Gasteiger partial charge is 0.462 e. The maximum atomic E-state index is 13.1. The van der Waals surface area contributed by atoms with Gasteiger partial charge in [0.1, 0.15) is 19.3 Å². The normalized spacial score (nSPS) is 14.6. The molecule has 97 heavy (non-hydrogen) atoms. The van der Waals surface area contributed by atoms with Crippen molar-refractivity contribution in [2.45, 2.75) is 420 Å². The molecule has 0 saturated carbocycles. The van der Waals surface area contributed by atoms with Crippen LogP contribution in [0.3, 0.4) is 0 Å². The SMILES string of the molecule is CCCCCCCCCCCCCCC(=O)O[C@H](COC(=O)CCCCCCCCCCC(C)C)COP(=O)(O)OC[C@H](O)COP(=O)(O)OC[C@@H](COC(=O)CCCCCCCCCCC(C)CC)OC(=O)CCCCCCCCCCCCCCCCCCCCC(C)CC. The van der Waals surface area contributed by atoms with Gasteiger partial charge in [0.2, 0.25) is 0 Å². The standard InChI is InChI=1S/C78H152O17P2/c1-8-11-12-13-14-15-16-26-29-40-47-54-61-77(82)94-73(65-88-75(80)59-52-45-38-33-31-35-42-49-56-69(4)5)67-92-96(84,85)90-63-72(79)64-91-97(86,87)93-68-74(66-89-76(81)60-53-46-39-34-32-37-44-51-58-71(7)10-3)95-78(83)62-55-48-41-30-27-24-22-20-18-17-19-21-23-25-28-36-43-50-57-70(6)9-2/h69-74,79H,8-68H2,1-7H3,(H,84,85)(H,86,87)/t70?,71?,72-,73+,74+/m0/s1. The second kappa shape index (κ2) is 68.5. The van der Waals surface area contributed by atoms with E-state index in [1.165, 1.54) is 212 Å². The molecule has 0 radical (unpaired) electrons. The van der Waals surface area contributed by atoms with Crippen molar-refractivity contribution < 1.29 is 80.2 Å². The molecule has 0 aromatic heterocycles. The van der Waals surface area contributed by atoms with Gasteiger partial charge in [-0.1, -0.05) is 350 Å². The van der Waals surface area contributed by atoms with E-state index in [0.29, 0.717) is 25.7 Å². The maximum absolute atomic E-state index is 13.1. The Kier molecular flexibility index (Phi) is 67.1. The number of hydrogen-bond donors (Lipinski definition) is 3. The molecule has 19 heteroatoms. The summed E-state index contributed by atoms with van der Waals surface area (Å²) >= 11 is 0. The lowest BCUT2D eigenvalue weighted by Crippen LogP contribution is -2.30. The van der Waals surface area contributed by atoms with Crippen LogP contribution in [0.5, 0.6) is 0 Å². The summed E-state index contributed by atoms with van der Waals surface area (Å²) in [5, 5.41) is 10.6. The van der Waals surface area contributed by atoms with Crippen molar-refractivity contribution in [1.29, 1.82) is 0 Å². The van der Waals surface area contributed by atoms with Crippen molar-refractivity contribution in [1.82, 2.24) is 0 Å². The largest absolute Gasteiger partial charge is 0.472 e. The number of aliphatic hydroxyl groups is 1. The number of carbonyl (C=O) groups is 4. The molecule has 0 aliphatic rings. The number of aliphatic hydroxyl groups excluding tert-OH is 1. The van der Waals surface area contributed by atoms with Crippen molar-refractivity contribution in [2.75, 3.05) is 39.6 Å². The first-order valence-corrected chi connectivity index (χ1v) is 43.4.